The molecule has 0 saturated carbocycles. The molecule has 0 amide bonds. The average Bonchev–Trinajstić information content (AvgIpc) is 2.96. The van der Waals surface area contributed by atoms with Crippen molar-refractivity contribution in [2.75, 3.05) is 11.9 Å². The zero-order valence-electron chi connectivity index (χ0n) is 11.2. The minimum Gasteiger partial charge on any atom is -0.355 e. The van der Waals surface area contributed by atoms with Gasteiger partial charge in [0.15, 0.2) is 0 Å². The molecule has 5 heteroatoms. The highest BCUT2D eigenvalue weighted by Crippen LogP contribution is 2.15. The fourth-order valence-corrected chi connectivity index (χ4v) is 1.89. The summed E-state index contributed by atoms with van der Waals surface area (Å²) in [5.74, 6) is 1.55. The first kappa shape index (κ1) is 12.7. The zero-order valence-corrected chi connectivity index (χ0v) is 11.2. The van der Waals surface area contributed by atoms with Crippen LogP contribution in [-0.2, 0) is 6.54 Å². The van der Waals surface area contributed by atoms with E-state index in [4.69, 9.17) is 0 Å². The summed E-state index contributed by atoms with van der Waals surface area (Å²) in [4.78, 5) is 8.43. The van der Waals surface area contributed by atoms with Crippen LogP contribution >= 0.6 is 0 Å². The molecule has 0 bridgehead atoms. The van der Waals surface area contributed by atoms with Gasteiger partial charge < -0.3 is 14.5 Å². The second-order valence-corrected chi connectivity index (χ2v) is 5.04. The van der Waals surface area contributed by atoms with Crippen LogP contribution < -0.4 is 5.32 Å². The summed E-state index contributed by atoms with van der Waals surface area (Å²) in [5, 5.41) is 3.38. The highest BCUT2D eigenvalue weighted by atomic mass is 15.2. The third-order valence-corrected chi connectivity index (χ3v) is 2.85. The Morgan fingerprint density at radius 3 is 2.72 bits per heavy atom. The second kappa shape index (κ2) is 5.71. The third-order valence-electron chi connectivity index (χ3n) is 2.85. The number of nitrogens with one attached hydrogen (secondary N) is 1. The van der Waals surface area contributed by atoms with Gasteiger partial charge in [-0.25, -0.2) is 9.97 Å². The van der Waals surface area contributed by atoms with E-state index >= 15 is 0 Å². The smallest absolute Gasteiger partial charge is 0.203 e. The lowest BCUT2D eigenvalue weighted by molar-refractivity contribution is 0.466. The van der Waals surface area contributed by atoms with Gasteiger partial charge in [0.05, 0.1) is 12.4 Å². The molecule has 2 aromatic rings. The van der Waals surface area contributed by atoms with E-state index in [1.165, 1.54) is 0 Å². The van der Waals surface area contributed by atoms with E-state index in [2.05, 4.69) is 45.2 Å². The molecule has 2 aromatic heterocycles. The molecular formula is C13H21N5. The minimum absolute atomic E-state index is 0.344. The normalized spacial score (nSPS) is 12.9. The van der Waals surface area contributed by atoms with Gasteiger partial charge in [0.25, 0.3) is 0 Å². The molecule has 1 N–H and O–H groups in total. The van der Waals surface area contributed by atoms with Gasteiger partial charge in [0.1, 0.15) is 0 Å². The van der Waals surface area contributed by atoms with E-state index in [0.29, 0.717) is 12.0 Å². The van der Waals surface area contributed by atoms with Crippen molar-refractivity contribution in [1.82, 2.24) is 19.1 Å². The summed E-state index contributed by atoms with van der Waals surface area (Å²) in [7, 11) is 0. The Hall–Kier alpha value is -1.78. The molecule has 18 heavy (non-hydrogen) atoms. The Morgan fingerprint density at radius 1 is 1.22 bits per heavy atom. The molecule has 0 aliphatic heterocycles. The maximum Gasteiger partial charge on any atom is 0.203 e. The van der Waals surface area contributed by atoms with Crippen molar-refractivity contribution in [3.63, 3.8) is 0 Å². The Morgan fingerprint density at radius 2 is 2.06 bits per heavy atom. The van der Waals surface area contributed by atoms with Crippen LogP contribution in [0.2, 0.25) is 0 Å². The molecule has 1 atom stereocenters. The van der Waals surface area contributed by atoms with Gasteiger partial charge in [-0.1, -0.05) is 13.8 Å². The SMILES string of the molecule is CC(C)CNc1nccn1C(C)Cn1ccnc1. The number of anilines is 1. The number of rotatable bonds is 6. The van der Waals surface area contributed by atoms with Crippen LogP contribution in [0.5, 0.6) is 0 Å². The largest absolute Gasteiger partial charge is 0.355 e. The van der Waals surface area contributed by atoms with E-state index in [9.17, 15) is 0 Å². The lowest BCUT2D eigenvalue weighted by atomic mass is 10.2. The Kier molecular flexibility index (Phi) is 4.02. The van der Waals surface area contributed by atoms with Gasteiger partial charge in [0, 0.05) is 37.9 Å². The highest BCUT2D eigenvalue weighted by molar-refractivity contribution is 5.26. The minimum atomic E-state index is 0.344. The molecule has 0 radical (unpaired) electrons. The summed E-state index contributed by atoms with van der Waals surface area (Å²) in [6, 6.07) is 0.344. The molecule has 2 heterocycles. The van der Waals surface area contributed by atoms with Crippen LogP contribution in [0.3, 0.4) is 0 Å². The summed E-state index contributed by atoms with van der Waals surface area (Å²) in [5.41, 5.74) is 0. The maximum absolute atomic E-state index is 4.37. The molecule has 0 aliphatic rings. The van der Waals surface area contributed by atoms with Crippen molar-refractivity contribution in [2.45, 2.75) is 33.4 Å². The number of imidazole rings is 2. The van der Waals surface area contributed by atoms with Gasteiger partial charge in [-0.3, -0.25) is 0 Å². The summed E-state index contributed by atoms with van der Waals surface area (Å²) < 4.78 is 4.25. The Balaban J connectivity index is 2.01. The lowest BCUT2D eigenvalue weighted by Gasteiger charge is -2.18. The summed E-state index contributed by atoms with van der Waals surface area (Å²) in [6.07, 6.45) is 9.49. The fourth-order valence-electron chi connectivity index (χ4n) is 1.89. The van der Waals surface area contributed by atoms with Crippen molar-refractivity contribution >= 4 is 5.95 Å². The first-order valence-electron chi connectivity index (χ1n) is 6.39. The second-order valence-electron chi connectivity index (χ2n) is 5.04. The van der Waals surface area contributed by atoms with Gasteiger partial charge in [0.2, 0.25) is 5.95 Å². The predicted molar refractivity (Wildman–Crippen MR) is 72.5 cm³/mol. The first-order chi connectivity index (χ1) is 8.66. The van der Waals surface area contributed by atoms with Gasteiger partial charge in [-0.2, -0.15) is 0 Å². The summed E-state index contributed by atoms with van der Waals surface area (Å²) in [6.45, 7) is 8.40. The van der Waals surface area contributed by atoms with E-state index in [1.54, 1.807) is 6.20 Å². The van der Waals surface area contributed by atoms with E-state index in [-0.39, 0.29) is 0 Å². The van der Waals surface area contributed by atoms with E-state index < -0.39 is 0 Å². The monoisotopic (exact) mass is 247 g/mol. The number of aromatic nitrogens is 4. The van der Waals surface area contributed by atoms with E-state index in [0.717, 1.165) is 19.0 Å². The number of nitrogens with zero attached hydrogens (tertiary/aromatic N) is 4. The van der Waals surface area contributed by atoms with E-state index in [1.807, 2.05) is 24.9 Å². The van der Waals surface area contributed by atoms with Gasteiger partial charge in [-0.15, -0.1) is 0 Å². The predicted octanol–water partition coefficient (Wildman–Crippen LogP) is 2.41. The van der Waals surface area contributed by atoms with Crippen molar-refractivity contribution < 1.29 is 0 Å². The molecule has 5 nitrogen and oxygen atoms in total. The molecule has 2 rings (SSSR count). The maximum atomic E-state index is 4.37. The molecule has 0 aromatic carbocycles. The quantitative estimate of drug-likeness (QED) is 0.852. The van der Waals surface area contributed by atoms with Gasteiger partial charge in [-0.05, 0) is 12.8 Å². The average molecular weight is 247 g/mol. The number of hydrogen-bond acceptors (Lipinski definition) is 3. The standard InChI is InChI=1S/C13H21N5/c1-11(2)8-16-13-15-5-7-18(13)12(3)9-17-6-4-14-10-17/h4-7,10-12H,8-9H2,1-3H3,(H,15,16). The number of hydrogen-bond donors (Lipinski definition) is 1. The molecule has 0 spiro atoms. The summed E-state index contributed by atoms with van der Waals surface area (Å²) >= 11 is 0. The van der Waals surface area contributed by atoms with Crippen LogP contribution in [0.15, 0.2) is 31.1 Å². The molecule has 98 valence electrons. The van der Waals surface area contributed by atoms with Crippen molar-refractivity contribution in [3.05, 3.63) is 31.1 Å². The molecule has 0 aliphatic carbocycles. The van der Waals surface area contributed by atoms with Crippen LogP contribution in [0.25, 0.3) is 0 Å². The fraction of sp³-hybridized carbons (Fsp3) is 0.538. The molecule has 0 saturated heterocycles. The first-order valence-corrected chi connectivity index (χ1v) is 6.39. The van der Waals surface area contributed by atoms with Crippen molar-refractivity contribution in [1.29, 1.82) is 0 Å². The molecule has 0 fully saturated rings. The lowest BCUT2D eigenvalue weighted by Crippen LogP contribution is -2.17. The Bertz CT molecular complexity index is 457. The van der Waals surface area contributed by atoms with Crippen molar-refractivity contribution in [2.24, 2.45) is 5.92 Å². The van der Waals surface area contributed by atoms with Crippen molar-refractivity contribution in [3.8, 4) is 0 Å². The Labute approximate surface area is 108 Å². The molecule has 1 unspecified atom stereocenters. The van der Waals surface area contributed by atoms with Crippen LogP contribution in [0, 0.1) is 5.92 Å². The third kappa shape index (κ3) is 3.12. The topological polar surface area (TPSA) is 47.7 Å². The van der Waals surface area contributed by atoms with Crippen LogP contribution in [0.1, 0.15) is 26.8 Å². The zero-order chi connectivity index (χ0) is 13.0. The van der Waals surface area contributed by atoms with Crippen LogP contribution in [0.4, 0.5) is 5.95 Å². The van der Waals surface area contributed by atoms with Gasteiger partial charge >= 0.3 is 0 Å². The van der Waals surface area contributed by atoms with Crippen LogP contribution in [-0.4, -0.2) is 25.6 Å². The highest BCUT2D eigenvalue weighted by Gasteiger charge is 2.10. The molecular weight excluding hydrogens is 226 g/mol.